The molecule has 2 aliphatic rings. The Bertz CT molecular complexity index is 1630. The molecule has 3 N–H and O–H groups in total. The number of aromatic nitrogens is 2. The summed E-state index contributed by atoms with van der Waals surface area (Å²) in [7, 11) is 1.62. The Hall–Kier alpha value is -3.59. The maximum absolute atomic E-state index is 13.5. The molecule has 0 spiro atoms. The summed E-state index contributed by atoms with van der Waals surface area (Å²) in [5, 5.41) is 8.74. The number of nitrogens with zero attached hydrogens (tertiary/aromatic N) is 3. The van der Waals surface area contributed by atoms with Crippen molar-refractivity contribution in [1.29, 1.82) is 0 Å². The molecular formula is C30H32Cl2F6N6O3. The highest BCUT2D eigenvalue weighted by Crippen LogP contribution is 2.37. The number of aryl methyl sites for hydroxylation is 1. The Morgan fingerprint density at radius 3 is 2.47 bits per heavy atom. The van der Waals surface area contributed by atoms with Gasteiger partial charge in [0.1, 0.15) is 12.4 Å². The molecule has 17 heteroatoms. The zero-order valence-electron chi connectivity index (χ0n) is 25.1. The van der Waals surface area contributed by atoms with Crippen LogP contribution in [0.2, 0.25) is 10.0 Å². The molecule has 47 heavy (non-hydrogen) atoms. The molecule has 1 aliphatic carbocycles. The lowest BCUT2D eigenvalue weighted by Crippen LogP contribution is -2.39. The van der Waals surface area contributed by atoms with Crippen LogP contribution in [-0.4, -0.2) is 70.9 Å². The lowest BCUT2D eigenvalue weighted by Gasteiger charge is -2.28. The van der Waals surface area contributed by atoms with E-state index in [0.29, 0.717) is 29.4 Å². The monoisotopic (exact) mass is 708 g/mol. The van der Waals surface area contributed by atoms with Gasteiger partial charge in [-0.15, -0.1) is 0 Å². The van der Waals surface area contributed by atoms with Crippen LogP contribution in [0.4, 0.5) is 42.8 Å². The fourth-order valence-corrected chi connectivity index (χ4v) is 6.24. The molecule has 1 aliphatic heterocycles. The first kappa shape index (κ1) is 34.7. The molecule has 9 nitrogen and oxygen atoms in total. The quantitative estimate of drug-likeness (QED) is 0.191. The van der Waals surface area contributed by atoms with Crippen molar-refractivity contribution in [3.8, 4) is 5.75 Å². The molecule has 0 bridgehead atoms. The topological polar surface area (TPSA) is 101 Å². The lowest BCUT2D eigenvalue weighted by molar-refractivity contribution is 0.0153. The number of carbonyl (C=O) groups is 2. The molecule has 3 aromatic rings. The van der Waals surface area contributed by atoms with E-state index in [2.05, 4.69) is 20.9 Å². The van der Waals surface area contributed by atoms with Crippen molar-refractivity contribution in [2.24, 2.45) is 13.0 Å². The molecule has 0 atom stereocenters. The van der Waals surface area contributed by atoms with Crippen LogP contribution in [0.25, 0.3) is 11.0 Å². The molecule has 1 saturated heterocycles. The second-order valence-corrected chi connectivity index (χ2v) is 12.4. The highest BCUT2D eigenvalue weighted by molar-refractivity contribution is 6.39. The average Bonchev–Trinajstić information content (AvgIpc) is 3.54. The van der Waals surface area contributed by atoms with Crippen molar-refractivity contribution in [3.63, 3.8) is 0 Å². The molecule has 1 saturated carbocycles. The van der Waals surface area contributed by atoms with Gasteiger partial charge in [0.05, 0.1) is 38.9 Å². The van der Waals surface area contributed by atoms with E-state index in [0.717, 1.165) is 4.90 Å². The van der Waals surface area contributed by atoms with Gasteiger partial charge in [-0.2, -0.15) is 0 Å². The van der Waals surface area contributed by atoms with Gasteiger partial charge in [0.25, 0.3) is 18.3 Å². The van der Waals surface area contributed by atoms with Crippen LogP contribution in [0.5, 0.6) is 5.75 Å². The molecular weight excluding hydrogens is 677 g/mol. The summed E-state index contributed by atoms with van der Waals surface area (Å²) in [5.41, 5.74) is 1.30. The van der Waals surface area contributed by atoms with Crippen molar-refractivity contribution in [2.75, 3.05) is 25.0 Å². The minimum absolute atomic E-state index is 0.0525. The summed E-state index contributed by atoms with van der Waals surface area (Å²) in [6, 6.07) is 4.85. The molecule has 256 valence electrons. The summed E-state index contributed by atoms with van der Waals surface area (Å²) in [6.45, 7) is -1.80. The van der Waals surface area contributed by atoms with Gasteiger partial charge in [0, 0.05) is 44.6 Å². The first-order chi connectivity index (χ1) is 22.2. The normalized spacial score (nSPS) is 19.4. The molecule has 2 heterocycles. The average molecular weight is 710 g/mol. The fraction of sp³-hybridized carbons (Fsp3) is 0.500. The minimum atomic E-state index is -2.93. The smallest absolute Gasteiger partial charge is 0.317 e. The van der Waals surface area contributed by atoms with Gasteiger partial charge in [-0.3, -0.25) is 4.79 Å². The van der Waals surface area contributed by atoms with Crippen molar-refractivity contribution in [2.45, 2.75) is 63.5 Å². The van der Waals surface area contributed by atoms with Crippen LogP contribution < -0.4 is 20.7 Å². The third kappa shape index (κ3) is 8.11. The molecule has 1 aromatic heterocycles. The van der Waals surface area contributed by atoms with Crippen molar-refractivity contribution in [3.05, 3.63) is 45.4 Å². The first-order valence-electron chi connectivity index (χ1n) is 14.9. The van der Waals surface area contributed by atoms with E-state index in [1.165, 1.54) is 18.2 Å². The van der Waals surface area contributed by atoms with Crippen molar-refractivity contribution < 1.29 is 40.7 Å². The number of imidazole rings is 1. The third-order valence-electron chi connectivity index (χ3n) is 8.35. The number of rotatable bonds is 10. The van der Waals surface area contributed by atoms with Crippen molar-refractivity contribution >= 4 is 57.8 Å². The highest BCUT2D eigenvalue weighted by Gasteiger charge is 2.40. The van der Waals surface area contributed by atoms with Gasteiger partial charge < -0.3 is 30.2 Å². The van der Waals surface area contributed by atoms with Crippen molar-refractivity contribution in [1.82, 2.24) is 25.1 Å². The van der Waals surface area contributed by atoms with E-state index in [9.17, 15) is 35.9 Å². The minimum Gasteiger partial charge on any atom is -0.487 e. The van der Waals surface area contributed by atoms with Gasteiger partial charge in [0.2, 0.25) is 12.4 Å². The predicted octanol–water partition coefficient (Wildman–Crippen LogP) is 7.37. The summed E-state index contributed by atoms with van der Waals surface area (Å²) < 4.78 is 86.2. The number of alkyl halides is 6. The number of nitrogens with one attached hydrogen (secondary N) is 3. The molecule has 0 unspecified atom stereocenters. The van der Waals surface area contributed by atoms with E-state index in [1.54, 1.807) is 17.7 Å². The largest absolute Gasteiger partial charge is 0.487 e. The summed E-state index contributed by atoms with van der Waals surface area (Å²) in [6.07, 6.45) is -4.44. The maximum atomic E-state index is 13.5. The standard InChI is InChI=1S/C30H32Cl2F6N6O3/c1-43-21-11-22(47-13-23(33)34)18(27(45)40-17-5-2-15(3-6-17)26(35)36)10-20(21)41-28(43)42-25-19(31)7-4-16(24(25)32)12-39-29(46)44-9-8-30(37,38)14-44/h4,7,10-11,15,17,23,26H,2-3,5-6,8-9,12-14H2,1H3,(H,39,46)(H,40,45)(H,41,42)/t15-,17-. The second-order valence-electron chi connectivity index (χ2n) is 11.7. The van der Waals surface area contributed by atoms with E-state index < -0.39 is 56.2 Å². The van der Waals surface area contributed by atoms with E-state index in [-0.39, 0.29) is 65.0 Å². The SMILES string of the molecule is Cn1c(Nc2c(Cl)ccc(CNC(=O)N3CCC(F)(F)C3)c2Cl)nc2cc(C(=O)N[C@H]3CC[C@H](C(F)F)CC3)c(OCC(F)F)cc21. The number of hydrogen-bond acceptors (Lipinski definition) is 5. The Balaban J connectivity index is 1.36. The molecule has 3 amide bonds. The molecule has 2 fully saturated rings. The highest BCUT2D eigenvalue weighted by atomic mass is 35.5. The summed E-state index contributed by atoms with van der Waals surface area (Å²) >= 11 is 13.1. The van der Waals surface area contributed by atoms with Crippen LogP contribution >= 0.6 is 23.2 Å². The summed E-state index contributed by atoms with van der Waals surface area (Å²) in [5.74, 6) is -4.19. The maximum Gasteiger partial charge on any atom is 0.317 e. The number of anilines is 2. The van der Waals surface area contributed by atoms with Crippen LogP contribution in [-0.2, 0) is 13.6 Å². The lowest BCUT2D eigenvalue weighted by atomic mass is 9.86. The van der Waals surface area contributed by atoms with Crippen LogP contribution in [0.1, 0.15) is 48.0 Å². The zero-order valence-corrected chi connectivity index (χ0v) is 26.6. The zero-order chi connectivity index (χ0) is 34.0. The fourth-order valence-electron chi connectivity index (χ4n) is 5.71. The number of amides is 3. The molecule has 0 radical (unpaired) electrons. The Morgan fingerprint density at radius 2 is 1.83 bits per heavy atom. The van der Waals surface area contributed by atoms with E-state index >= 15 is 0 Å². The van der Waals surface area contributed by atoms with Crippen LogP contribution in [0.3, 0.4) is 0 Å². The summed E-state index contributed by atoms with van der Waals surface area (Å²) in [4.78, 5) is 31.3. The predicted molar refractivity (Wildman–Crippen MR) is 165 cm³/mol. The van der Waals surface area contributed by atoms with Gasteiger partial charge in [-0.05, 0) is 43.4 Å². The Labute approximate surface area is 275 Å². The third-order valence-corrected chi connectivity index (χ3v) is 9.10. The molecule has 5 rings (SSSR count). The number of fused-ring (bicyclic) bond motifs is 1. The molecule has 2 aromatic carbocycles. The van der Waals surface area contributed by atoms with E-state index in [4.69, 9.17) is 27.9 Å². The Kier molecular flexibility index (Phi) is 10.5. The number of hydrogen-bond donors (Lipinski definition) is 3. The number of halogens is 8. The van der Waals surface area contributed by atoms with E-state index in [1.807, 2.05) is 0 Å². The number of ether oxygens (including phenoxy) is 1. The number of carbonyl (C=O) groups excluding carboxylic acids is 2. The van der Waals surface area contributed by atoms with Gasteiger partial charge in [-0.25, -0.2) is 36.1 Å². The van der Waals surface area contributed by atoms with Gasteiger partial charge >= 0.3 is 6.03 Å². The first-order valence-corrected chi connectivity index (χ1v) is 15.6. The Morgan fingerprint density at radius 1 is 1.11 bits per heavy atom. The number of urea groups is 1. The number of benzene rings is 2. The van der Waals surface area contributed by atoms with Crippen LogP contribution in [0.15, 0.2) is 24.3 Å². The van der Waals surface area contributed by atoms with Gasteiger partial charge in [-0.1, -0.05) is 29.3 Å². The van der Waals surface area contributed by atoms with Crippen LogP contribution in [0, 0.1) is 5.92 Å². The van der Waals surface area contributed by atoms with Gasteiger partial charge in [0.15, 0.2) is 0 Å². The number of likely N-dealkylation sites (tertiary alicyclic amines) is 1. The second kappa shape index (κ2) is 14.3.